The molecule has 1 aliphatic heterocycles. The van der Waals surface area contributed by atoms with Gasteiger partial charge in [-0.3, -0.25) is 0 Å². The van der Waals surface area contributed by atoms with Gasteiger partial charge in [0, 0.05) is 37.4 Å². The molecule has 2 aromatic rings. The van der Waals surface area contributed by atoms with Crippen molar-refractivity contribution >= 4 is 11.7 Å². The van der Waals surface area contributed by atoms with Crippen molar-refractivity contribution in [2.75, 3.05) is 43.9 Å². The predicted molar refractivity (Wildman–Crippen MR) is 73.9 cm³/mol. The van der Waals surface area contributed by atoms with Crippen molar-refractivity contribution in [3.8, 4) is 11.5 Å². The SMILES string of the molecule is CN1CCN(c2nnc(-c3ccc(N)cc3)o2)CC1. The predicted octanol–water partition coefficient (Wildman–Crippen LogP) is 1.07. The van der Waals surface area contributed by atoms with Crippen LogP contribution < -0.4 is 10.6 Å². The highest BCUT2D eigenvalue weighted by Crippen LogP contribution is 2.23. The van der Waals surface area contributed by atoms with E-state index in [1.54, 1.807) is 0 Å². The van der Waals surface area contributed by atoms with Crippen molar-refractivity contribution in [1.82, 2.24) is 15.1 Å². The number of nitrogens with two attached hydrogens (primary N) is 1. The Labute approximate surface area is 111 Å². The van der Waals surface area contributed by atoms with E-state index in [1.165, 1.54) is 0 Å². The summed E-state index contributed by atoms with van der Waals surface area (Å²) >= 11 is 0. The molecular weight excluding hydrogens is 242 g/mol. The number of benzene rings is 1. The Hall–Kier alpha value is -2.08. The molecule has 1 saturated heterocycles. The average Bonchev–Trinajstić information content (AvgIpc) is 2.90. The van der Waals surface area contributed by atoms with Crippen LogP contribution in [0, 0.1) is 0 Å². The second-order valence-corrected chi connectivity index (χ2v) is 4.80. The van der Waals surface area contributed by atoms with E-state index < -0.39 is 0 Å². The standard InChI is InChI=1S/C13H17N5O/c1-17-6-8-18(9-7-17)13-16-15-12(19-13)10-2-4-11(14)5-3-10/h2-5H,6-9,14H2,1H3. The third-order valence-electron chi connectivity index (χ3n) is 3.35. The average molecular weight is 259 g/mol. The number of nitrogen functional groups attached to an aromatic ring is 1. The first-order chi connectivity index (χ1) is 9.22. The van der Waals surface area contributed by atoms with Gasteiger partial charge >= 0.3 is 6.01 Å². The van der Waals surface area contributed by atoms with E-state index in [4.69, 9.17) is 10.2 Å². The molecule has 2 N–H and O–H groups in total. The van der Waals surface area contributed by atoms with E-state index in [9.17, 15) is 0 Å². The molecule has 0 unspecified atom stereocenters. The van der Waals surface area contributed by atoms with Gasteiger partial charge in [-0.05, 0) is 31.3 Å². The molecule has 6 heteroatoms. The molecule has 1 fully saturated rings. The minimum absolute atomic E-state index is 0.536. The number of hydrogen-bond acceptors (Lipinski definition) is 6. The lowest BCUT2D eigenvalue weighted by Crippen LogP contribution is -2.44. The van der Waals surface area contributed by atoms with Crippen molar-refractivity contribution in [1.29, 1.82) is 0 Å². The van der Waals surface area contributed by atoms with Gasteiger partial charge in [0.1, 0.15) is 0 Å². The first kappa shape index (κ1) is 12.0. The topological polar surface area (TPSA) is 71.4 Å². The molecule has 0 atom stereocenters. The molecule has 0 spiro atoms. The lowest BCUT2D eigenvalue weighted by molar-refractivity contribution is 0.305. The Morgan fingerprint density at radius 3 is 2.42 bits per heavy atom. The van der Waals surface area contributed by atoms with E-state index >= 15 is 0 Å². The van der Waals surface area contributed by atoms with Crippen LogP contribution in [0.4, 0.5) is 11.7 Å². The summed E-state index contributed by atoms with van der Waals surface area (Å²) in [5.74, 6) is 0.536. The van der Waals surface area contributed by atoms with Gasteiger partial charge in [-0.25, -0.2) is 0 Å². The highest BCUT2D eigenvalue weighted by molar-refractivity contribution is 5.57. The molecule has 1 aliphatic rings. The number of hydrogen-bond donors (Lipinski definition) is 1. The lowest BCUT2D eigenvalue weighted by atomic mass is 10.2. The Kier molecular flexibility index (Phi) is 3.08. The second kappa shape index (κ2) is 4.89. The molecule has 2 heterocycles. The van der Waals surface area contributed by atoms with Crippen LogP contribution in [0.5, 0.6) is 0 Å². The number of nitrogens with zero attached hydrogens (tertiary/aromatic N) is 4. The van der Waals surface area contributed by atoms with Crippen LogP contribution in [0.2, 0.25) is 0 Å². The van der Waals surface area contributed by atoms with Crippen molar-refractivity contribution < 1.29 is 4.42 Å². The summed E-state index contributed by atoms with van der Waals surface area (Å²) in [5, 5.41) is 8.22. The van der Waals surface area contributed by atoms with Crippen LogP contribution in [0.1, 0.15) is 0 Å². The molecule has 6 nitrogen and oxygen atoms in total. The van der Waals surface area contributed by atoms with Crippen molar-refractivity contribution in [3.63, 3.8) is 0 Å². The summed E-state index contributed by atoms with van der Waals surface area (Å²) in [7, 11) is 2.12. The van der Waals surface area contributed by atoms with Gasteiger partial charge in [0.25, 0.3) is 0 Å². The van der Waals surface area contributed by atoms with Crippen LogP contribution in [0.25, 0.3) is 11.5 Å². The molecule has 0 radical (unpaired) electrons. The summed E-state index contributed by atoms with van der Waals surface area (Å²) in [6.07, 6.45) is 0. The maximum Gasteiger partial charge on any atom is 0.318 e. The van der Waals surface area contributed by atoms with Crippen LogP contribution in [-0.4, -0.2) is 48.3 Å². The van der Waals surface area contributed by atoms with Crippen LogP contribution in [0.15, 0.2) is 28.7 Å². The number of aromatic nitrogens is 2. The van der Waals surface area contributed by atoms with E-state index in [0.717, 1.165) is 37.4 Å². The monoisotopic (exact) mass is 259 g/mol. The third kappa shape index (κ3) is 2.53. The van der Waals surface area contributed by atoms with Gasteiger partial charge in [0.15, 0.2) is 0 Å². The molecule has 1 aromatic carbocycles. The zero-order valence-electron chi connectivity index (χ0n) is 10.9. The van der Waals surface area contributed by atoms with Crippen molar-refractivity contribution in [3.05, 3.63) is 24.3 Å². The minimum Gasteiger partial charge on any atom is -0.403 e. The largest absolute Gasteiger partial charge is 0.403 e. The quantitative estimate of drug-likeness (QED) is 0.813. The number of rotatable bonds is 2. The van der Waals surface area contributed by atoms with Crippen LogP contribution in [0.3, 0.4) is 0 Å². The first-order valence-electron chi connectivity index (χ1n) is 6.35. The maximum atomic E-state index is 5.73. The van der Waals surface area contributed by atoms with E-state index in [0.29, 0.717) is 11.9 Å². The maximum absolute atomic E-state index is 5.73. The molecule has 0 saturated carbocycles. The van der Waals surface area contributed by atoms with Crippen LogP contribution in [-0.2, 0) is 0 Å². The molecule has 19 heavy (non-hydrogen) atoms. The van der Waals surface area contributed by atoms with Gasteiger partial charge in [-0.15, -0.1) is 5.10 Å². The number of likely N-dealkylation sites (N-methyl/N-ethyl adjacent to an activating group) is 1. The molecule has 3 rings (SSSR count). The van der Waals surface area contributed by atoms with E-state index in [-0.39, 0.29) is 0 Å². The Morgan fingerprint density at radius 2 is 1.74 bits per heavy atom. The molecule has 0 aliphatic carbocycles. The first-order valence-corrected chi connectivity index (χ1v) is 6.35. The molecule has 0 bridgehead atoms. The summed E-state index contributed by atoms with van der Waals surface area (Å²) in [5.41, 5.74) is 7.28. The van der Waals surface area contributed by atoms with Crippen molar-refractivity contribution in [2.24, 2.45) is 0 Å². The van der Waals surface area contributed by atoms with Gasteiger partial charge < -0.3 is 20.0 Å². The number of piperazine rings is 1. The number of anilines is 2. The summed E-state index contributed by atoms with van der Waals surface area (Å²) < 4.78 is 5.73. The van der Waals surface area contributed by atoms with Gasteiger partial charge in [-0.1, -0.05) is 5.10 Å². The smallest absolute Gasteiger partial charge is 0.318 e. The van der Waals surface area contributed by atoms with Crippen molar-refractivity contribution in [2.45, 2.75) is 0 Å². The fourth-order valence-electron chi connectivity index (χ4n) is 2.08. The molecule has 1 aromatic heterocycles. The zero-order chi connectivity index (χ0) is 13.2. The van der Waals surface area contributed by atoms with Gasteiger partial charge in [0.2, 0.25) is 5.89 Å². The Balaban J connectivity index is 1.77. The van der Waals surface area contributed by atoms with E-state index in [1.807, 2.05) is 24.3 Å². The van der Waals surface area contributed by atoms with E-state index in [2.05, 4.69) is 27.0 Å². The van der Waals surface area contributed by atoms with Gasteiger partial charge in [0.05, 0.1) is 0 Å². The molecule has 0 amide bonds. The summed E-state index contributed by atoms with van der Waals surface area (Å²) in [6.45, 7) is 3.86. The lowest BCUT2D eigenvalue weighted by Gasteiger charge is -2.30. The second-order valence-electron chi connectivity index (χ2n) is 4.80. The zero-order valence-corrected chi connectivity index (χ0v) is 10.9. The fraction of sp³-hybridized carbons (Fsp3) is 0.385. The Morgan fingerprint density at radius 1 is 1.05 bits per heavy atom. The third-order valence-corrected chi connectivity index (χ3v) is 3.35. The molecular formula is C13H17N5O. The minimum atomic E-state index is 0.536. The summed E-state index contributed by atoms with van der Waals surface area (Å²) in [4.78, 5) is 4.40. The summed E-state index contributed by atoms with van der Waals surface area (Å²) in [6, 6.07) is 8.03. The molecule has 100 valence electrons. The van der Waals surface area contributed by atoms with Gasteiger partial charge in [-0.2, -0.15) is 0 Å². The Bertz CT molecular complexity index is 542. The normalized spacial score (nSPS) is 16.8. The van der Waals surface area contributed by atoms with Crippen LogP contribution >= 0.6 is 0 Å². The highest BCUT2D eigenvalue weighted by atomic mass is 16.4. The fourth-order valence-corrected chi connectivity index (χ4v) is 2.08. The highest BCUT2D eigenvalue weighted by Gasteiger charge is 2.19.